The summed E-state index contributed by atoms with van der Waals surface area (Å²) in [6.45, 7) is 1.57. The molecule has 138 valence electrons. The quantitative estimate of drug-likeness (QED) is 0.689. The van der Waals surface area contributed by atoms with E-state index < -0.39 is 11.6 Å². The summed E-state index contributed by atoms with van der Waals surface area (Å²) in [5.74, 6) is -0.430. The van der Waals surface area contributed by atoms with Gasteiger partial charge in [-0.25, -0.2) is 18.7 Å². The van der Waals surface area contributed by atoms with Gasteiger partial charge in [-0.05, 0) is 30.3 Å². The molecule has 27 heavy (non-hydrogen) atoms. The lowest BCUT2D eigenvalue weighted by Gasteiger charge is -2.20. The zero-order valence-corrected chi connectivity index (χ0v) is 14.9. The molecule has 1 aliphatic heterocycles. The molecular formula is C21H19F2N3O. The van der Waals surface area contributed by atoms with E-state index in [1.807, 2.05) is 19.2 Å². The molecule has 0 aliphatic carbocycles. The fourth-order valence-electron chi connectivity index (χ4n) is 3.39. The van der Waals surface area contributed by atoms with Crippen LogP contribution in [-0.2, 0) is 6.54 Å². The molecule has 1 aromatic heterocycles. The molecule has 0 saturated heterocycles. The summed E-state index contributed by atoms with van der Waals surface area (Å²) < 4.78 is 33.0. The molecule has 2 aromatic carbocycles. The molecule has 0 amide bonds. The SMILES string of the molecule is CN1CCC(Oc2cc(F)cc(F)c2)c2ccc(-c3ncccn3)cc2C1. The van der Waals surface area contributed by atoms with E-state index in [1.165, 1.54) is 12.1 Å². The summed E-state index contributed by atoms with van der Waals surface area (Å²) in [5.41, 5.74) is 3.05. The second-order valence-electron chi connectivity index (χ2n) is 6.72. The van der Waals surface area contributed by atoms with Crippen LogP contribution in [0.4, 0.5) is 8.78 Å². The summed E-state index contributed by atoms with van der Waals surface area (Å²) in [4.78, 5) is 10.8. The van der Waals surface area contributed by atoms with Crippen molar-refractivity contribution in [3.05, 3.63) is 77.6 Å². The summed E-state index contributed by atoms with van der Waals surface area (Å²) in [6, 6.07) is 11.1. The molecule has 0 N–H and O–H groups in total. The van der Waals surface area contributed by atoms with Gasteiger partial charge in [0.25, 0.3) is 0 Å². The Morgan fingerprint density at radius 1 is 1.04 bits per heavy atom. The van der Waals surface area contributed by atoms with Crippen LogP contribution in [0.1, 0.15) is 23.7 Å². The topological polar surface area (TPSA) is 38.2 Å². The van der Waals surface area contributed by atoms with Crippen molar-refractivity contribution in [3.63, 3.8) is 0 Å². The van der Waals surface area contributed by atoms with Gasteiger partial charge < -0.3 is 9.64 Å². The molecule has 6 heteroatoms. The van der Waals surface area contributed by atoms with Crippen molar-refractivity contribution in [2.75, 3.05) is 13.6 Å². The molecule has 0 bridgehead atoms. The molecule has 0 spiro atoms. The highest BCUT2D eigenvalue weighted by Crippen LogP contribution is 2.33. The Labute approximate surface area is 156 Å². The van der Waals surface area contributed by atoms with Crippen LogP contribution in [0.2, 0.25) is 0 Å². The fraction of sp³-hybridized carbons (Fsp3) is 0.238. The van der Waals surface area contributed by atoms with Crippen LogP contribution in [0.25, 0.3) is 11.4 Å². The van der Waals surface area contributed by atoms with Gasteiger partial charge in [0.2, 0.25) is 0 Å². The average Bonchev–Trinajstić information content (AvgIpc) is 2.80. The average molecular weight is 367 g/mol. The highest BCUT2D eigenvalue weighted by molar-refractivity contribution is 5.57. The van der Waals surface area contributed by atoms with E-state index in [9.17, 15) is 8.78 Å². The first-order chi connectivity index (χ1) is 13.1. The van der Waals surface area contributed by atoms with Crippen molar-refractivity contribution in [1.29, 1.82) is 0 Å². The van der Waals surface area contributed by atoms with E-state index >= 15 is 0 Å². The van der Waals surface area contributed by atoms with Gasteiger partial charge >= 0.3 is 0 Å². The van der Waals surface area contributed by atoms with E-state index in [-0.39, 0.29) is 11.9 Å². The van der Waals surface area contributed by atoms with Crippen LogP contribution in [0.5, 0.6) is 5.75 Å². The lowest BCUT2D eigenvalue weighted by molar-refractivity contribution is 0.181. The highest BCUT2D eigenvalue weighted by atomic mass is 19.1. The van der Waals surface area contributed by atoms with Gasteiger partial charge in [-0.15, -0.1) is 0 Å². The van der Waals surface area contributed by atoms with Crippen molar-refractivity contribution in [3.8, 4) is 17.1 Å². The minimum atomic E-state index is -0.646. The predicted molar refractivity (Wildman–Crippen MR) is 98.1 cm³/mol. The van der Waals surface area contributed by atoms with Gasteiger partial charge in [-0.3, -0.25) is 0 Å². The Morgan fingerprint density at radius 3 is 2.52 bits per heavy atom. The van der Waals surface area contributed by atoms with Crippen LogP contribution in [0.3, 0.4) is 0 Å². The largest absolute Gasteiger partial charge is 0.485 e. The molecule has 4 nitrogen and oxygen atoms in total. The molecule has 0 fully saturated rings. The molecule has 3 aromatic rings. The van der Waals surface area contributed by atoms with E-state index in [1.54, 1.807) is 18.5 Å². The Bertz CT molecular complexity index is 929. The maximum atomic E-state index is 13.5. The maximum Gasteiger partial charge on any atom is 0.159 e. The standard InChI is InChI=1S/C21H19F2N3O/c1-26-8-5-20(27-18-11-16(22)10-17(23)12-18)19-4-3-14(9-15(19)13-26)21-24-6-2-7-25-21/h2-4,6-7,9-12,20H,5,8,13H2,1H3. The molecule has 4 rings (SSSR count). The molecule has 1 unspecified atom stereocenters. The zero-order valence-electron chi connectivity index (χ0n) is 14.9. The van der Waals surface area contributed by atoms with Crippen LogP contribution >= 0.6 is 0 Å². The zero-order chi connectivity index (χ0) is 18.8. The molecular weight excluding hydrogens is 348 g/mol. The summed E-state index contributed by atoms with van der Waals surface area (Å²) in [7, 11) is 2.04. The van der Waals surface area contributed by atoms with Crippen LogP contribution < -0.4 is 4.74 Å². The minimum absolute atomic E-state index is 0.198. The van der Waals surface area contributed by atoms with Gasteiger partial charge in [0.05, 0.1) is 0 Å². The van der Waals surface area contributed by atoms with E-state index in [0.29, 0.717) is 5.82 Å². The first-order valence-corrected chi connectivity index (χ1v) is 8.80. The lowest BCUT2D eigenvalue weighted by Crippen LogP contribution is -2.18. The summed E-state index contributed by atoms with van der Waals surface area (Å²) in [5, 5.41) is 0. The highest BCUT2D eigenvalue weighted by Gasteiger charge is 2.23. The lowest BCUT2D eigenvalue weighted by atomic mass is 9.98. The normalized spacial score (nSPS) is 17.2. The van der Waals surface area contributed by atoms with Crippen LogP contribution in [-0.4, -0.2) is 28.5 Å². The van der Waals surface area contributed by atoms with Crippen molar-refractivity contribution in [1.82, 2.24) is 14.9 Å². The third kappa shape index (κ3) is 3.95. The number of aromatic nitrogens is 2. The third-order valence-corrected chi connectivity index (χ3v) is 4.64. The number of ether oxygens (including phenoxy) is 1. The number of benzene rings is 2. The Balaban J connectivity index is 1.69. The summed E-state index contributed by atoms with van der Waals surface area (Å²) in [6.07, 6.45) is 3.87. The molecule has 2 heterocycles. The number of halogens is 2. The summed E-state index contributed by atoms with van der Waals surface area (Å²) >= 11 is 0. The molecule has 0 saturated carbocycles. The molecule has 1 atom stereocenters. The van der Waals surface area contributed by atoms with E-state index in [0.717, 1.165) is 42.3 Å². The number of fused-ring (bicyclic) bond motifs is 1. The van der Waals surface area contributed by atoms with Crippen molar-refractivity contribution < 1.29 is 13.5 Å². The van der Waals surface area contributed by atoms with E-state index in [4.69, 9.17) is 4.74 Å². The van der Waals surface area contributed by atoms with E-state index in [2.05, 4.69) is 20.9 Å². The first kappa shape index (κ1) is 17.5. The monoisotopic (exact) mass is 367 g/mol. The maximum absolute atomic E-state index is 13.5. The number of hydrogen-bond donors (Lipinski definition) is 0. The second kappa shape index (κ2) is 7.40. The number of nitrogens with zero attached hydrogens (tertiary/aromatic N) is 3. The van der Waals surface area contributed by atoms with Crippen molar-refractivity contribution in [2.45, 2.75) is 19.1 Å². The van der Waals surface area contributed by atoms with Gasteiger partial charge in [-0.2, -0.15) is 0 Å². The van der Waals surface area contributed by atoms with Crippen molar-refractivity contribution in [2.24, 2.45) is 0 Å². The smallest absolute Gasteiger partial charge is 0.159 e. The first-order valence-electron chi connectivity index (χ1n) is 8.80. The number of rotatable bonds is 3. The second-order valence-corrected chi connectivity index (χ2v) is 6.72. The molecule has 1 aliphatic rings. The van der Waals surface area contributed by atoms with Gasteiger partial charge in [0, 0.05) is 55.7 Å². The number of hydrogen-bond acceptors (Lipinski definition) is 4. The predicted octanol–water partition coefficient (Wildman–Crippen LogP) is 4.38. The Kier molecular flexibility index (Phi) is 4.81. The molecule has 0 radical (unpaired) electrons. The minimum Gasteiger partial charge on any atom is -0.485 e. The Morgan fingerprint density at radius 2 is 1.78 bits per heavy atom. The van der Waals surface area contributed by atoms with Crippen LogP contribution in [0.15, 0.2) is 54.9 Å². The third-order valence-electron chi connectivity index (χ3n) is 4.64. The van der Waals surface area contributed by atoms with Crippen molar-refractivity contribution >= 4 is 0 Å². The van der Waals surface area contributed by atoms with Gasteiger partial charge in [0.1, 0.15) is 23.5 Å². The van der Waals surface area contributed by atoms with Crippen LogP contribution in [0, 0.1) is 11.6 Å². The van der Waals surface area contributed by atoms with Gasteiger partial charge in [0.15, 0.2) is 5.82 Å². The fourth-order valence-corrected chi connectivity index (χ4v) is 3.39. The Hall–Kier alpha value is -2.86. The van der Waals surface area contributed by atoms with Gasteiger partial charge in [-0.1, -0.05) is 12.1 Å².